The monoisotopic (exact) mass is 492 g/mol. The highest BCUT2D eigenvalue weighted by atomic mass is 19.4. The van der Waals surface area contributed by atoms with E-state index in [2.05, 4.69) is 0 Å². The van der Waals surface area contributed by atoms with Crippen LogP contribution in [0.1, 0.15) is 60.5 Å². The molecule has 6 nitrogen and oxygen atoms in total. The Balaban J connectivity index is 2.11. The average Bonchev–Trinajstić information content (AvgIpc) is 2.94. The molecule has 0 saturated heterocycles. The van der Waals surface area contributed by atoms with Gasteiger partial charge in [-0.05, 0) is 63.8 Å². The van der Waals surface area contributed by atoms with Crippen molar-refractivity contribution in [2.45, 2.75) is 65.4 Å². The summed E-state index contributed by atoms with van der Waals surface area (Å²) in [5.74, 6) is 0. The van der Waals surface area contributed by atoms with Crippen molar-refractivity contribution in [2.75, 3.05) is 18.6 Å². The standard InChI is InChI=1S/C26H31F3N2O4/c1-16(2)35-25(33)30-10-6-7-22(21-9-8-20(14-23(21)30)26(27,28)29)31(24(32)34-5)15-19-12-17(3)11-18(4)13-19/h8-9,11-14,16,22H,6-7,10,15H2,1-5H3. The molecular formula is C26H31F3N2O4. The van der Waals surface area contributed by atoms with Gasteiger partial charge in [0.1, 0.15) is 0 Å². The number of carbonyl (C=O) groups is 2. The second-order valence-electron chi connectivity index (χ2n) is 9.11. The first kappa shape index (κ1) is 26.4. The third-order valence-corrected chi connectivity index (χ3v) is 5.84. The lowest BCUT2D eigenvalue weighted by Gasteiger charge is -2.32. The number of amides is 2. The predicted molar refractivity (Wildman–Crippen MR) is 126 cm³/mol. The van der Waals surface area contributed by atoms with Crippen molar-refractivity contribution < 1.29 is 32.2 Å². The highest BCUT2D eigenvalue weighted by molar-refractivity contribution is 5.89. The highest BCUT2D eigenvalue weighted by Crippen LogP contribution is 2.41. The van der Waals surface area contributed by atoms with Crippen LogP contribution in [0.15, 0.2) is 36.4 Å². The Morgan fingerprint density at radius 3 is 2.34 bits per heavy atom. The van der Waals surface area contributed by atoms with Crippen LogP contribution in [0.4, 0.5) is 28.4 Å². The third-order valence-electron chi connectivity index (χ3n) is 5.84. The first-order valence-corrected chi connectivity index (χ1v) is 11.5. The lowest BCUT2D eigenvalue weighted by Crippen LogP contribution is -2.35. The number of aryl methyl sites for hydroxylation is 2. The van der Waals surface area contributed by atoms with E-state index in [1.54, 1.807) is 13.8 Å². The van der Waals surface area contributed by atoms with Crippen molar-refractivity contribution in [3.63, 3.8) is 0 Å². The van der Waals surface area contributed by atoms with Crippen molar-refractivity contribution in [1.29, 1.82) is 0 Å². The number of benzene rings is 2. The summed E-state index contributed by atoms with van der Waals surface area (Å²) in [5.41, 5.74) is 2.58. The quantitative estimate of drug-likeness (QED) is 0.472. The third kappa shape index (κ3) is 6.26. The zero-order valence-corrected chi connectivity index (χ0v) is 20.6. The van der Waals surface area contributed by atoms with Crippen molar-refractivity contribution in [3.05, 3.63) is 64.2 Å². The second kappa shape index (κ2) is 10.6. The Labute approximate surface area is 203 Å². The number of anilines is 1. The Hall–Kier alpha value is -3.23. The van der Waals surface area contributed by atoms with Crippen LogP contribution >= 0.6 is 0 Å². The number of ether oxygens (including phenoxy) is 2. The lowest BCUT2D eigenvalue weighted by molar-refractivity contribution is -0.137. The van der Waals surface area contributed by atoms with Crippen molar-refractivity contribution >= 4 is 17.9 Å². The zero-order chi connectivity index (χ0) is 25.9. The van der Waals surface area contributed by atoms with Crippen molar-refractivity contribution in [3.8, 4) is 0 Å². The molecular weight excluding hydrogens is 461 g/mol. The van der Waals surface area contributed by atoms with Crippen LogP contribution in [-0.4, -0.2) is 36.8 Å². The van der Waals surface area contributed by atoms with Crippen LogP contribution in [0, 0.1) is 13.8 Å². The van der Waals surface area contributed by atoms with Crippen LogP contribution in [0.2, 0.25) is 0 Å². The number of rotatable bonds is 4. The van der Waals surface area contributed by atoms with Gasteiger partial charge in [0.05, 0.1) is 30.5 Å². The molecule has 1 aliphatic heterocycles. The fraction of sp³-hybridized carbons (Fsp3) is 0.462. The molecule has 1 aliphatic rings. The smallest absolute Gasteiger partial charge is 0.416 e. The summed E-state index contributed by atoms with van der Waals surface area (Å²) >= 11 is 0. The number of hydrogen-bond acceptors (Lipinski definition) is 4. The minimum atomic E-state index is -4.59. The molecule has 0 bridgehead atoms. The summed E-state index contributed by atoms with van der Waals surface area (Å²) < 4.78 is 51.1. The Morgan fingerprint density at radius 2 is 1.77 bits per heavy atom. The zero-order valence-electron chi connectivity index (χ0n) is 20.6. The number of alkyl halides is 3. The van der Waals surface area contributed by atoms with E-state index in [1.165, 1.54) is 23.0 Å². The molecule has 190 valence electrons. The summed E-state index contributed by atoms with van der Waals surface area (Å²) in [4.78, 5) is 28.5. The van der Waals surface area contributed by atoms with E-state index in [1.807, 2.05) is 32.0 Å². The molecule has 2 aromatic carbocycles. The molecule has 0 aromatic heterocycles. The average molecular weight is 493 g/mol. The number of methoxy groups -OCH3 is 1. The van der Waals surface area contributed by atoms with Crippen LogP contribution < -0.4 is 4.90 Å². The predicted octanol–water partition coefficient (Wildman–Crippen LogP) is 6.78. The van der Waals surface area contributed by atoms with Gasteiger partial charge < -0.3 is 9.47 Å². The second-order valence-corrected chi connectivity index (χ2v) is 9.11. The minimum Gasteiger partial charge on any atom is -0.453 e. The summed E-state index contributed by atoms with van der Waals surface area (Å²) in [6.45, 7) is 7.63. The molecule has 0 radical (unpaired) electrons. The van der Waals surface area contributed by atoms with Gasteiger partial charge in [-0.1, -0.05) is 35.4 Å². The number of halogens is 3. The summed E-state index contributed by atoms with van der Waals surface area (Å²) in [6, 6.07) is 8.62. The summed E-state index contributed by atoms with van der Waals surface area (Å²) in [7, 11) is 1.27. The highest BCUT2D eigenvalue weighted by Gasteiger charge is 2.37. The maximum absolute atomic E-state index is 13.6. The van der Waals surface area contributed by atoms with Gasteiger partial charge in [-0.25, -0.2) is 9.59 Å². The molecule has 0 N–H and O–H groups in total. The fourth-order valence-corrected chi connectivity index (χ4v) is 4.51. The molecule has 0 fully saturated rings. The minimum absolute atomic E-state index is 0.0855. The first-order valence-electron chi connectivity index (χ1n) is 11.5. The van der Waals surface area contributed by atoms with Crippen LogP contribution in [-0.2, 0) is 22.2 Å². The van der Waals surface area contributed by atoms with Gasteiger partial charge >= 0.3 is 18.4 Å². The van der Waals surface area contributed by atoms with Crippen LogP contribution in [0.25, 0.3) is 0 Å². The van der Waals surface area contributed by atoms with Gasteiger partial charge in [-0.3, -0.25) is 9.80 Å². The van der Waals surface area contributed by atoms with Gasteiger partial charge in [-0.2, -0.15) is 13.2 Å². The van der Waals surface area contributed by atoms with Crippen molar-refractivity contribution in [2.24, 2.45) is 0 Å². The van der Waals surface area contributed by atoms with Gasteiger partial charge in [-0.15, -0.1) is 0 Å². The maximum Gasteiger partial charge on any atom is 0.416 e. The van der Waals surface area contributed by atoms with E-state index in [0.29, 0.717) is 18.4 Å². The Kier molecular flexibility index (Phi) is 7.97. The maximum atomic E-state index is 13.6. The molecule has 1 atom stereocenters. The lowest BCUT2D eigenvalue weighted by atomic mass is 9.97. The first-order chi connectivity index (χ1) is 16.4. The molecule has 9 heteroatoms. The van der Waals surface area contributed by atoms with E-state index in [9.17, 15) is 22.8 Å². The number of fused-ring (bicyclic) bond motifs is 1. The molecule has 1 unspecified atom stereocenters. The number of hydrogen-bond donors (Lipinski definition) is 0. The van der Waals surface area contributed by atoms with Gasteiger partial charge in [0.15, 0.2) is 0 Å². The van der Waals surface area contributed by atoms with Crippen LogP contribution in [0.3, 0.4) is 0 Å². The molecule has 1 heterocycles. The van der Waals surface area contributed by atoms with E-state index in [0.717, 1.165) is 28.8 Å². The molecule has 0 spiro atoms. The largest absolute Gasteiger partial charge is 0.453 e. The normalized spacial score (nSPS) is 15.9. The van der Waals surface area contributed by atoms with Gasteiger partial charge in [0, 0.05) is 13.1 Å². The number of carbonyl (C=O) groups excluding carboxylic acids is 2. The molecule has 0 saturated carbocycles. The van der Waals surface area contributed by atoms with E-state index in [-0.39, 0.29) is 18.8 Å². The fourth-order valence-electron chi connectivity index (χ4n) is 4.51. The van der Waals surface area contributed by atoms with Gasteiger partial charge in [0.25, 0.3) is 0 Å². The summed E-state index contributed by atoms with van der Waals surface area (Å²) in [6.07, 6.45) is -5.46. The van der Waals surface area contributed by atoms with E-state index in [4.69, 9.17) is 9.47 Å². The summed E-state index contributed by atoms with van der Waals surface area (Å²) in [5, 5.41) is 0. The van der Waals surface area contributed by atoms with E-state index < -0.39 is 36.1 Å². The Bertz CT molecular complexity index is 1060. The topological polar surface area (TPSA) is 59.1 Å². The Morgan fingerprint density at radius 1 is 1.11 bits per heavy atom. The van der Waals surface area contributed by atoms with Crippen LogP contribution in [0.5, 0.6) is 0 Å². The molecule has 2 amide bonds. The molecule has 2 aromatic rings. The molecule has 3 rings (SSSR count). The SMILES string of the molecule is COC(=O)N(Cc1cc(C)cc(C)c1)C1CCCN(C(=O)OC(C)C)c2cc(C(F)(F)F)ccc21. The van der Waals surface area contributed by atoms with Gasteiger partial charge in [0.2, 0.25) is 0 Å². The van der Waals surface area contributed by atoms with Crippen molar-refractivity contribution in [1.82, 2.24) is 4.90 Å². The number of nitrogens with zero attached hydrogens (tertiary/aromatic N) is 2. The molecule has 0 aliphatic carbocycles. The molecule has 35 heavy (non-hydrogen) atoms. The van der Waals surface area contributed by atoms with E-state index >= 15 is 0 Å².